The minimum atomic E-state index is 0.0759. The van der Waals surface area contributed by atoms with Gasteiger partial charge in [-0.1, -0.05) is 29.8 Å². The van der Waals surface area contributed by atoms with Crippen LogP contribution in [0.25, 0.3) is 0 Å². The number of hydrogen-bond donors (Lipinski definition) is 1. The lowest BCUT2D eigenvalue weighted by molar-refractivity contribution is 0.368. The van der Waals surface area contributed by atoms with Crippen molar-refractivity contribution in [2.75, 3.05) is 11.9 Å². The molecule has 1 unspecified atom stereocenters. The molecule has 1 N–H and O–H groups in total. The number of nitrogens with zero attached hydrogens (tertiary/aromatic N) is 1. The Hall–Kier alpha value is -2.47. The zero-order valence-corrected chi connectivity index (χ0v) is 11.8. The van der Waals surface area contributed by atoms with E-state index in [0.29, 0.717) is 5.75 Å². The maximum Gasteiger partial charge on any atom is 0.174 e. The molecule has 0 aliphatic carbocycles. The summed E-state index contributed by atoms with van der Waals surface area (Å²) in [5.41, 5.74) is 3.54. The second-order valence-corrected chi connectivity index (χ2v) is 4.75. The predicted octanol–water partition coefficient (Wildman–Crippen LogP) is 4.07. The molecular formula is C17H18N2O. The lowest BCUT2D eigenvalue weighted by Crippen LogP contribution is -2.06. The Balaban J connectivity index is 1.99. The molecule has 2 rings (SSSR count). The van der Waals surface area contributed by atoms with E-state index in [1.165, 1.54) is 11.1 Å². The summed E-state index contributed by atoms with van der Waals surface area (Å²) in [5.74, 6) is 0.708. The maximum atomic E-state index is 8.46. The molecule has 0 aliphatic heterocycles. The topological polar surface area (TPSA) is 45.0 Å². The van der Waals surface area contributed by atoms with Crippen LogP contribution < -0.4 is 10.1 Å². The van der Waals surface area contributed by atoms with Crippen molar-refractivity contribution in [1.82, 2.24) is 0 Å². The van der Waals surface area contributed by atoms with Crippen molar-refractivity contribution in [3.63, 3.8) is 0 Å². The van der Waals surface area contributed by atoms with Gasteiger partial charge in [0.05, 0.1) is 0 Å². The first kappa shape index (κ1) is 14.0. The molecule has 0 spiro atoms. The molecule has 0 bridgehead atoms. The molecule has 0 saturated heterocycles. The first-order valence-corrected chi connectivity index (χ1v) is 6.62. The highest BCUT2D eigenvalue weighted by Crippen LogP contribution is 2.21. The molecule has 1 atom stereocenters. The quantitative estimate of drug-likeness (QED) is 0.887. The number of anilines is 1. The summed E-state index contributed by atoms with van der Waals surface area (Å²) in [6, 6.07) is 18.3. The molecule has 0 aliphatic rings. The minimum absolute atomic E-state index is 0.0759. The highest BCUT2D eigenvalue weighted by Gasteiger charge is 2.05. The average Bonchev–Trinajstić information content (AvgIpc) is 2.47. The molecule has 0 saturated carbocycles. The van der Waals surface area contributed by atoms with E-state index in [1.54, 1.807) is 0 Å². The standard InChI is InChI=1S/C17H18N2O/c1-13-3-5-15(6-4-13)14(2)19-16-7-9-17(10-8-16)20-12-11-18/h3-10,14,19H,12H2,1-2H3. The Morgan fingerprint density at radius 2 is 1.75 bits per heavy atom. The van der Waals surface area contributed by atoms with Crippen LogP contribution in [0.2, 0.25) is 0 Å². The van der Waals surface area contributed by atoms with E-state index in [4.69, 9.17) is 10.00 Å². The van der Waals surface area contributed by atoms with Crippen molar-refractivity contribution in [2.45, 2.75) is 19.9 Å². The van der Waals surface area contributed by atoms with Gasteiger partial charge in [-0.15, -0.1) is 0 Å². The average molecular weight is 266 g/mol. The summed E-state index contributed by atoms with van der Waals surface area (Å²) in [7, 11) is 0. The van der Waals surface area contributed by atoms with Crippen LogP contribution in [0.5, 0.6) is 5.75 Å². The van der Waals surface area contributed by atoms with Crippen LogP contribution in [0.4, 0.5) is 5.69 Å². The molecular weight excluding hydrogens is 248 g/mol. The van der Waals surface area contributed by atoms with Gasteiger partial charge in [0, 0.05) is 11.7 Å². The van der Waals surface area contributed by atoms with Crippen molar-refractivity contribution >= 4 is 5.69 Å². The van der Waals surface area contributed by atoms with E-state index in [0.717, 1.165) is 5.69 Å². The van der Waals surface area contributed by atoms with Gasteiger partial charge >= 0.3 is 0 Å². The second kappa shape index (κ2) is 6.63. The summed E-state index contributed by atoms with van der Waals surface area (Å²) < 4.78 is 5.22. The fourth-order valence-corrected chi connectivity index (χ4v) is 1.95. The third-order valence-corrected chi connectivity index (χ3v) is 3.12. The fourth-order valence-electron chi connectivity index (χ4n) is 1.95. The van der Waals surface area contributed by atoms with E-state index >= 15 is 0 Å². The van der Waals surface area contributed by atoms with Gasteiger partial charge in [0.25, 0.3) is 0 Å². The van der Waals surface area contributed by atoms with Gasteiger partial charge in [0.1, 0.15) is 11.8 Å². The fraction of sp³-hybridized carbons (Fsp3) is 0.235. The van der Waals surface area contributed by atoms with Gasteiger partial charge in [-0.25, -0.2) is 0 Å². The summed E-state index contributed by atoms with van der Waals surface area (Å²) >= 11 is 0. The number of hydrogen-bond acceptors (Lipinski definition) is 3. The van der Waals surface area contributed by atoms with Crippen LogP contribution in [-0.4, -0.2) is 6.61 Å². The molecule has 2 aromatic carbocycles. The summed E-state index contributed by atoms with van der Waals surface area (Å²) in [6.07, 6.45) is 0. The predicted molar refractivity (Wildman–Crippen MR) is 80.8 cm³/mol. The van der Waals surface area contributed by atoms with E-state index < -0.39 is 0 Å². The number of nitrogens with one attached hydrogen (secondary N) is 1. The lowest BCUT2D eigenvalue weighted by Gasteiger charge is -2.16. The summed E-state index contributed by atoms with van der Waals surface area (Å²) in [5, 5.41) is 11.9. The lowest BCUT2D eigenvalue weighted by atomic mass is 10.1. The Labute approximate surface area is 119 Å². The number of rotatable bonds is 5. The zero-order chi connectivity index (χ0) is 14.4. The van der Waals surface area contributed by atoms with Crippen LogP contribution in [0, 0.1) is 18.3 Å². The first-order valence-electron chi connectivity index (χ1n) is 6.62. The van der Waals surface area contributed by atoms with Crippen LogP contribution in [0.15, 0.2) is 48.5 Å². The van der Waals surface area contributed by atoms with E-state index in [1.807, 2.05) is 30.3 Å². The number of nitriles is 1. The van der Waals surface area contributed by atoms with Crippen LogP contribution in [0.3, 0.4) is 0 Å². The Morgan fingerprint density at radius 3 is 2.35 bits per heavy atom. The Bertz CT molecular complexity index is 582. The number of ether oxygens (including phenoxy) is 1. The third kappa shape index (κ3) is 3.76. The largest absolute Gasteiger partial charge is 0.479 e. The van der Waals surface area contributed by atoms with E-state index in [9.17, 15) is 0 Å². The van der Waals surface area contributed by atoms with Gasteiger partial charge in [-0.05, 0) is 43.7 Å². The zero-order valence-electron chi connectivity index (χ0n) is 11.8. The Kier molecular flexibility index (Phi) is 4.62. The van der Waals surface area contributed by atoms with Gasteiger partial charge in [0.2, 0.25) is 0 Å². The van der Waals surface area contributed by atoms with Crippen molar-refractivity contribution in [2.24, 2.45) is 0 Å². The summed E-state index contributed by atoms with van der Waals surface area (Å²) in [6.45, 7) is 4.29. The molecule has 3 heteroatoms. The van der Waals surface area contributed by atoms with Crippen molar-refractivity contribution in [3.05, 3.63) is 59.7 Å². The molecule has 102 valence electrons. The van der Waals surface area contributed by atoms with Crippen LogP contribution >= 0.6 is 0 Å². The second-order valence-electron chi connectivity index (χ2n) is 4.75. The maximum absolute atomic E-state index is 8.46. The van der Waals surface area contributed by atoms with Gasteiger partial charge in [-0.2, -0.15) is 5.26 Å². The molecule has 2 aromatic rings. The van der Waals surface area contributed by atoms with E-state index in [2.05, 4.69) is 43.4 Å². The minimum Gasteiger partial charge on any atom is -0.479 e. The third-order valence-electron chi connectivity index (χ3n) is 3.12. The van der Waals surface area contributed by atoms with E-state index in [-0.39, 0.29) is 12.6 Å². The number of aryl methyl sites for hydroxylation is 1. The first-order chi connectivity index (χ1) is 9.69. The van der Waals surface area contributed by atoms with Gasteiger partial charge < -0.3 is 10.1 Å². The SMILES string of the molecule is Cc1ccc(C(C)Nc2ccc(OCC#N)cc2)cc1. The molecule has 3 nitrogen and oxygen atoms in total. The highest BCUT2D eigenvalue weighted by molar-refractivity contribution is 5.48. The van der Waals surface area contributed by atoms with Gasteiger partial charge in [0.15, 0.2) is 6.61 Å². The van der Waals surface area contributed by atoms with Crippen molar-refractivity contribution < 1.29 is 4.74 Å². The molecule has 0 radical (unpaired) electrons. The van der Waals surface area contributed by atoms with Crippen molar-refractivity contribution in [3.8, 4) is 11.8 Å². The number of benzene rings is 2. The monoisotopic (exact) mass is 266 g/mol. The molecule has 0 amide bonds. The van der Waals surface area contributed by atoms with Gasteiger partial charge in [-0.3, -0.25) is 0 Å². The summed E-state index contributed by atoms with van der Waals surface area (Å²) in [4.78, 5) is 0. The molecule has 20 heavy (non-hydrogen) atoms. The van der Waals surface area contributed by atoms with Crippen molar-refractivity contribution in [1.29, 1.82) is 5.26 Å². The molecule has 0 heterocycles. The Morgan fingerprint density at radius 1 is 1.10 bits per heavy atom. The van der Waals surface area contributed by atoms with Crippen LogP contribution in [-0.2, 0) is 0 Å². The molecule has 0 fully saturated rings. The highest BCUT2D eigenvalue weighted by atomic mass is 16.5. The normalized spacial score (nSPS) is 11.4. The molecule has 0 aromatic heterocycles. The smallest absolute Gasteiger partial charge is 0.174 e. The van der Waals surface area contributed by atoms with Crippen LogP contribution in [0.1, 0.15) is 24.1 Å².